The Balaban J connectivity index is 3.76. The highest BCUT2D eigenvalue weighted by atomic mass is 32.2. The van der Waals surface area contributed by atoms with Crippen molar-refractivity contribution in [1.29, 1.82) is 0 Å². The third kappa shape index (κ3) is 6.35. The Bertz CT molecular complexity index is 238. The van der Waals surface area contributed by atoms with Crippen molar-refractivity contribution in [1.82, 2.24) is 0 Å². The average molecular weight is 233 g/mol. The summed E-state index contributed by atoms with van der Waals surface area (Å²) < 4.78 is 4.59. The van der Waals surface area contributed by atoms with E-state index in [4.69, 9.17) is 11.5 Å². The molecule has 0 aromatic heterocycles. The van der Waals surface area contributed by atoms with E-state index >= 15 is 0 Å². The molecule has 15 heavy (non-hydrogen) atoms. The molecule has 4 N–H and O–H groups in total. The molecule has 0 bridgehead atoms. The molecule has 88 valence electrons. The maximum atomic E-state index is 11.2. The molecule has 0 aromatic rings. The molecule has 0 fully saturated rings. The van der Waals surface area contributed by atoms with Gasteiger partial charge in [-0.1, -0.05) is 0 Å². The van der Waals surface area contributed by atoms with E-state index in [0.29, 0.717) is 18.1 Å². The van der Waals surface area contributed by atoms with Crippen molar-refractivity contribution < 1.29 is 9.53 Å². The summed E-state index contributed by atoms with van der Waals surface area (Å²) in [6, 6.07) is 0. The third-order valence-electron chi connectivity index (χ3n) is 1.65. The zero-order valence-electron chi connectivity index (χ0n) is 9.45. The van der Waals surface area contributed by atoms with Crippen LogP contribution in [0, 0.1) is 0 Å². The summed E-state index contributed by atoms with van der Waals surface area (Å²) in [5.74, 6) is 1.48. The summed E-state index contributed by atoms with van der Waals surface area (Å²) in [5.41, 5.74) is 10.2. The lowest BCUT2D eigenvalue weighted by Crippen LogP contribution is -2.48. The van der Waals surface area contributed by atoms with Crippen molar-refractivity contribution in [2.24, 2.45) is 16.5 Å². The van der Waals surface area contributed by atoms with E-state index in [1.165, 1.54) is 7.11 Å². The fourth-order valence-corrected chi connectivity index (χ4v) is 1.77. The number of amidine groups is 1. The van der Waals surface area contributed by atoms with Gasteiger partial charge < -0.3 is 16.2 Å². The van der Waals surface area contributed by atoms with Crippen molar-refractivity contribution in [3.8, 4) is 0 Å². The zero-order valence-corrected chi connectivity index (χ0v) is 10.3. The van der Waals surface area contributed by atoms with Crippen molar-refractivity contribution in [3.63, 3.8) is 0 Å². The summed E-state index contributed by atoms with van der Waals surface area (Å²) in [6.07, 6.45) is 0. The fourth-order valence-electron chi connectivity index (χ4n) is 0.863. The van der Waals surface area contributed by atoms with E-state index < -0.39 is 11.5 Å². The molecule has 0 aliphatic carbocycles. The van der Waals surface area contributed by atoms with Crippen molar-refractivity contribution in [3.05, 3.63) is 0 Å². The van der Waals surface area contributed by atoms with Gasteiger partial charge in [0, 0.05) is 18.1 Å². The number of aliphatic imine (C=N–C) groups is 1. The van der Waals surface area contributed by atoms with E-state index in [1.54, 1.807) is 25.6 Å². The number of carbonyl (C=O) groups is 1. The quantitative estimate of drug-likeness (QED) is 0.291. The Kier molecular flexibility index (Phi) is 6.35. The molecule has 0 rings (SSSR count). The number of nitrogens with two attached hydrogens (primary N) is 2. The second kappa shape index (κ2) is 6.68. The largest absolute Gasteiger partial charge is 0.468 e. The van der Waals surface area contributed by atoms with Crippen LogP contribution < -0.4 is 11.5 Å². The van der Waals surface area contributed by atoms with Crippen LogP contribution in [0.4, 0.5) is 0 Å². The van der Waals surface area contributed by atoms with Gasteiger partial charge in [-0.2, -0.15) is 11.8 Å². The summed E-state index contributed by atoms with van der Waals surface area (Å²) in [5, 5.41) is 0. The highest BCUT2D eigenvalue weighted by molar-refractivity contribution is 7.99. The van der Waals surface area contributed by atoms with Gasteiger partial charge in [0.05, 0.1) is 12.9 Å². The number of thioether (sulfide) groups is 1. The normalized spacial score (nSPS) is 15.9. The van der Waals surface area contributed by atoms with Gasteiger partial charge in [-0.3, -0.25) is 9.79 Å². The van der Waals surface area contributed by atoms with Crippen molar-refractivity contribution in [2.45, 2.75) is 19.4 Å². The van der Waals surface area contributed by atoms with Crippen LogP contribution in [0.25, 0.3) is 0 Å². The number of rotatable bonds is 6. The van der Waals surface area contributed by atoms with Crippen LogP contribution in [0.2, 0.25) is 0 Å². The molecule has 1 unspecified atom stereocenters. The van der Waals surface area contributed by atoms with E-state index in [2.05, 4.69) is 9.73 Å². The van der Waals surface area contributed by atoms with Crippen LogP contribution in [-0.2, 0) is 9.53 Å². The Labute approximate surface area is 94.6 Å². The molecule has 0 saturated heterocycles. The highest BCUT2D eigenvalue weighted by Gasteiger charge is 2.28. The van der Waals surface area contributed by atoms with Gasteiger partial charge in [-0.25, -0.2) is 0 Å². The SMILES string of the molecule is COC(=O)C(C)(N)CSCCN=C(C)N. The minimum absolute atomic E-state index is 0.395. The predicted octanol–water partition coefficient (Wildman–Crippen LogP) is -0.0129. The van der Waals surface area contributed by atoms with E-state index in [9.17, 15) is 4.79 Å². The lowest BCUT2D eigenvalue weighted by atomic mass is 10.1. The molecular formula is C9H19N3O2S. The summed E-state index contributed by atoms with van der Waals surface area (Å²) in [7, 11) is 1.33. The van der Waals surface area contributed by atoms with Crippen molar-refractivity contribution in [2.75, 3.05) is 25.2 Å². The minimum Gasteiger partial charge on any atom is -0.468 e. The summed E-state index contributed by atoms with van der Waals surface area (Å²) in [6.45, 7) is 4.04. The smallest absolute Gasteiger partial charge is 0.326 e. The van der Waals surface area contributed by atoms with Crippen LogP contribution in [-0.4, -0.2) is 42.5 Å². The highest BCUT2D eigenvalue weighted by Crippen LogP contribution is 2.11. The van der Waals surface area contributed by atoms with Crippen LogP contribution in [0.3, 0.4) is 0 Å². The average Bonchev–Trinajstić information content (AvgIpc) is 2.15. The Hall–Kier alpha value is -0.750. The maximum absolute atomic E-state index is 11.2. The standard InChI is InChI=1S/C9H19N3O2S/c1-7(10)12-4-5-15-6-9(2,11)8(13)14-3/h4-6,11H2,1-3H3,(H2,10,12). The first-order valence-electron chi connectivity index (χ1n) is 4.61. The summed E-state index contributed by atoms with van der Waals surface area (Å²) in [4.78, 5) is 15.2. The lowest BCUT2D eigenvalue weighted by molar-refractivity contribution is -0.145. The van der Waals surface area contributed by atoms with E-state index in [-0.39, 0.29) is 0 Å². The Morgan fingerprint density at radius 3 is 2.67 bits per heavy atom. The molecule has 6 heteroatoms. The monoisotopic (exact) mass is 233 g/mol. The molecule has 1 atom stereocenters. The molecule has 0 saturated carbocycles. The van der Waals surface area contributed by atoms with E-state index in [1.807, 2.05) is 0 Å². The van der Waals surface area contributed by atoms with Crippen LogP contribution >= 0.6 is 11.8 Å². The Morgan fingerprint density at radius 1 is 1.60 bits per heavy atom. The molecule has 0 aliphatic heterocycles. The molecule has 0 heterocycles. The van der Waals surface area contributed by atoms with Gasteiger partial charge in [0.25, 0.3) is 0 Å². The third-order valence-corrected chi connectivity index (χ3v) is 2.93. The number of carbonyl (C=O) groups excluding carboxylic acids is 1. The van der Waals surface area contributed by atoms with Crippen LogP contribution in [0.15, 0.2) is 4.99 Å². The number of hydrogen-bond donors (Lipinski definition) is 2. The van der Waals surface area contributed by atoms with Gasteiger partial charge in [0.1, 0.15) is 5.54 Å². The summed E-state index contributed by atoms with van der Waals surface area (Å²) >= 11 is 1.56. The first kappa shape index (κ1) is 14.2. The second-order valence-corrected chi connectivity index (χ2v) is 4.59. The molecule has 0 amide bonds. The maximum Gasteiger partial charge on any atom is 0.326 e. The molecule has 0 radical (unpaired) electrons. The van der Waals surface area contributed by atoms with Gasteiger partial charge in [0.15, 0.2) is 0 Å². The van der Waals surface area contributed by atoms with Gasteiger partial charge >= 0.3 is 5.97 Å². The topological polar surface area (TPSA) is 90.7 Å². The second-order valence-electron chi connectivity index (χ2n) is 3.48. The molecular weight excluding hydrogens is 214 g/mol. The number of methoxy groups -OCH3 is 1. The van der Waals surface area contributed by atoms with E-state index in [0.717, 1.165) is 5.75 Å². The van der Waals surface area contributed by atoms with Crippen LogP contribution in [0.5, 0.6) is 0 Å². The van der Waals surface area contributed by atoms with Gasteiger partial charge in [0.2, 0.25) is 0 Å². The first-order valence-corrected chi connectivity index (χ1v) is 5.77. The van der Waals surface area contributed by atoms with Crippen molar-refractivity contribution >= 4 is 23.6 Å². The number of hydrogen-bond acceptors (Lipinski definition) is 5. The molecule has 5 nitrogen and oxygen atoms in total. The lowest BCUT2D eigenvalue weighted by Gasteiger charge is -2.20. The predicted molar refractivity (Wildman–Crippen MR) is 64.1 cm³/mol. The van der Waals surface area contributed by atoms with Crippen LogP contribution in [0.1, 0.15) is 13.8 Å². The molecule has 0 spiro atoms. The molecule has 0 aliphatic rings. The van der Waals surface area contributed by atoms with Gasteiger partial charge in [-0.05, 0) is 13.8 Å². The molecule has 0 aromatic carbocycles. The first-order chi connectivity index (χ1) is 6.90. The number of ether oxygens (including phenoxy) is 1. The fraction of sp³-hybridized carbons (Fsp3) is 0.778. The Morgan fingerprint density at radius 2 is 2.20 bits per heavy atom. The number of esters is 1. The minimum atomic E-state index is -0.930. The zero-order chi connectivity index (χ0) is 11.9. The number of nitrogens with zero attached hydrogens (tertiary/aromatic N) is 1. The van der Waals surface area contributed by atoms with Gasteiger partial charge in [-0.15, -0.1) is 0 Å².